The Morgan fingerprint density at radius 2 is 0.850 bits per heavy atom. The van der Waals surface area contributed by atoms with Crippen molar-refractivity contribution in [1.82, 2.24) is 0 Å². The van der Waals surface area contributed by atoms with Gasteiger partial charge in [0, 0.05) is 0 Å². The zero-order valence-corrected chi connectivity index (χ0v) is 13.9. The highest BCUT2D eigenvalue weighted by Gasteiger charge is 1.85. The van der Waals surface area contributed by atoms with Crippen molar-refractivity contribution >= 4 is 0 Å². The van der Waals surface area contributed by atoms with Gasteiger partial charge in [0.1, 0.15) is 0 Å². The first-order chi connectivity index (χ1) is 9.91. The predicted octanol–water partition coefficient (Wildman–Crippen LogP) is 7.38. The van der Waals surface area contributed by atoms with Crippen molar-refractivity contribution in [3.8, 4) is 0 Å². The summed E-state index contributed by atoms with van der Waals surface area (Å²) in [6.07, 6.45) is 29.5. The zero-order valence-electron chi connectivity index (χ0n) is 13.9. The molecule has 0 aromatic rings. The molecule has 0 rings (SSSR count). The summed E-state index contributed by atoms with van der Waals surface area (Å²) >= 11 is 0. The highest BCUT2D eigenvalue weighted by molar-refractivity contribution is 4.97. The lowest BCUT2D eigenvalue weighted by atomic mass is 10.1. The maximum atomic E-state index is 2.34. The molecule has 0 aromatic heterocycles. The van der Waals surface area contributed by atoms with Crippen LogP contribution in [0.15, 0.2) is 36.5 Å². The number of hydrogen-bond acceptors (Lipinski definition) is 0. The molecule has 20 heavy (non-hydrogen) atoms. The number of rotatable bonds is 14. The van der Waals surface area contributed by atoms with Gasteiger partial charge in [-0.1, -0.05) is 88.8 Å². The highest BCUT2D eigenvalue weighted by Crippen LogP contribution is 2.05. The molecule has 0 atom stereocenters. The largest absolute Gasteiger partial charge is 0.0882 e. The monoisotopic (exact) mass is 276 g/mol. The normalized spacial score (nSPS) is 12.3. The Labute approximate surface area is 128 Å². The number of allylic oxidation sites excluding steroid dienone is 6. The van der Waals surface area contributed by atoms with Gasteiger partial charge < -0.3 is 0 Å². The molecule has 0 aliphatic heterocycles. The van der Waals surface area contributed by atoms with E-state index in [-0.39, 0.29) is 0 Å². The average molecular weight is 277 g/mol. The summed E-state index contributed by atoms with van der Waals surface area (Å²) in [7, 11) is 0. The molecule has 0 bridgehead atoms. The molecule has 116 valence electrons. The van der Waals surface area contributed by atoms with E-state index in [2.05, 4.69) is 50.3 Å². The maximum absolute atomic E-state index is 2.34. The molecule has 0 aliphatic carbocycles. The maximum Gasteiger partial charge on any atom is -0.0169 e. The second-order valence-electron chi connectivity index (χ2n) is 5.58. The van der Waals surface area contributed by atoms with Gasteiger partial charge in [-0.2, -0.15) is 0 Å². The molecule has 0 aromatic carbocycles. The summed E-state index contributed by atoms with van der Waals surface area (Å²) in [6, 6.07) is 0. The third-order valence-corrected chi connectivity index (χ3v) is 3.49. The van der Waals surface area contributed by atoms with E-state index < -0.39 is 0 Å². The molecule has 0 unspecified atom stereocenters. The first-order valence-electron chi connectivity index (χ1n) is 8.86. The van der Waals surface area contributed by atoms with Crippen LogP contribution in [0.1, 0.15) is 90.9 Å². The first-order valence-corrected chi connectivity index (χ1v) is 8.86. The van der Waals surface area contributed by atoms with Crippen LogP contribution in [0.5, 0.6) is 0 Å². The molecule has 0 spiro atoms. The molecular weight excluding hydrogens is 240 g/mol. The van der Waals surface area contributed by atoms with Crippen LogP contribution in [-0.4, -0.2) is 0 Å². The fourth-order valence-electron chi connectivity index (χ4n) is 2.16. The Morgan fingerprint density at radius 3 is 1.40 bits per heavy atom. The van der Waals surface area contributed by atoms with Crippen LogP contribution in [0, 0.1) is 0 Å². The van der Waals surface area contributed by atoms with Crippen molar-refractivity contribution in [2.24, 2.45) is 0 Å². The van der Waals surface area contributed by atoms with Gasteiger partial charge in [0.2, 0.25) is 0 Å². The van der Waals surface area contributed by atoms with Crippen molar-refractivity contribution in [2.75, 3.05) is 0 Å². The fourth-order valence-corrected chi connectivity index (χ4v) is 2.16. The highest BCUT2D eigenvalue weighted by atomic mass is 13.9. The SMILES string of the molecule is CCCCCC=CCC=CC/C=C/CCCCCCC. The molecule has 0 N–H and O–H groups in total. The van der Waals surface area contributed by atoms with Gasteiger partial charge >= 0.3 is 0 Å². The first kappa shape index (κ1) is 19.2. The van der Waals surface area contributed by atoms with E-state index in [1.807, 2.05) is 0 Å². The molecule has 0 radical (unpaired) electrons. The molecule has 0 saturated carbocycles. The molecule has 0 aliphatic rings. The van der Waals surface area contributed by atoms with Gasteiger partial charge in [0.15, 0.2) is 0 Å². The van der Waals surface area contributed by atoms with E-state index in [1.54, 1.807) is 0 Å². The number of unbranched alkanes of at least 4 members (excludes halogenated alkanes) is 8. The van der Waals surface area contributed by atoms with Gasteiger partial charge in [-0.15, -0.1) is 0 Å². The minimum Gasteiger partial charge on any atom is -0.0882 e. The van der Waals surface area contributed by atoms with Gasteiger partial charge in [0.05, 0.1) is 0 Å². The lowest BCUT2D eigenvalue weighted by Crippen LogP contribution is -1.75. The third-order valence-electron chi connectivity index (χ3n) is 3.49. The second kappa shape index (κ2) is 18.2. The standard InChI is InChI=1S/C20H36/c1-3-5-7-9-11-13-15-17-19-20-18-16-14-12-10-8-6-4-2/h11,13,16-19H,3-10,12,14-15,20H2,1-2H3/b13-11?,18-16+,19-17?. The van der Waals surface area contributed by atoms with Crippen LogP contribution < -0.4 is 0 Å². The van der Waals surface area contributed by atoms with Crippen LogP contribution in [-0.2, 0) is 0 Å². The van der Waals surface area contributed by atoms with Crippen molar-refractivity contribution in [3.63, 3.8) is 0 Å². The molecular formula is C20H36. The quantitative estimate of drug-likeness (QED) is 0.229. The summed E-state index contributed by atoms with van der Waals surface area (Å²) in [4.78, 5) is 0. The van der Waals surface area contributed by atoms with Gasteiger partial charge in [-0.25, -0.2) is 0 Å². The molecule has 0 nitrogen and oxygen atoms in total. The van der Waals surface area contributed by atoms with E-state index in [0.717, 1.165) is 12.8 Å². The van der Waals surface area contributed by atoms with E-state index in [1.165, 1.54) is 64.2 Å². The van der Waals surface area contributed by atoms with Crippen molar-refractivity contribution in [3.05, 3.63) is 36.5 Å². The summed E-state index contributed by atoms with van der Waals surface area (Å²) in [6.45, 7) is 4.53. The average Bonchev–Trinajstić information content (AvgIpc) is 2.47. The summed E-state index contributed by atoms with van der Waals surface area (Å²) < 4.78 is 0. The van der Waals surface area contributed by atoms with Crippen LogP contribution >= 0.6 is 0 Å². The predicted molar refractivity (Wildman–Crippen MR) is 94.2 cm³/mol. The van der Waals surface area contributed by atoms with Gasteiger partial charge in [-0.05, 0) is 38.5 Å². The van der Waals surface area contributed by atoms with Crippen molar-refractivity contribution < 1.29 is 0 Å². The van der Waals surface area contributed by atoms with Crippen LogP contribution in [0.2, 0.25) is 0 Å². The Morgan fingerprint density at radius 1 is 0.450 bits per heavy atom. The second-order valence-corrected chi connectivity index (χ2v) is 5.58. The van der Waals surface area contributed by atoms with E-state index in [9.17, 15) is 0 Å². The third kappa shape index (κ3) is 17.2. The smallest absolute Gasteiger partial charge is 0.0169 e. The van der Waals surface area contributed by atoms with Crippen LogP contribution in [0.3, 0.4) is 0 Å². The topological polar surface area (TPSA) is 0 Å². The Bertz CT molecular complexity index is 245. The van der Waals surface area contributed by atoms with E-state index >= 15 is 0 Å². The minimum absolute atomic E-state index is 1.09. The summed E-state index contributed by atoms with van der Waals surface area (Å²) in [5, 5.41) is 0. The fraction of sp³-hybridized carbons (Fsp3) is 0.700. The molecule has 0 fully saturated rings. The van der Waals surface area contributed by atoms with Crippen LogP contribution in [0.25, 0.3) is 0 Å². The zero-order chi connectivity index (χ0) is 14.7. The summed E-state index contributed by atoms with van der Waals surface area (Å²) in [5.74, 6) is 0. The minimum atomic E-state index is 1.09. The van der Waals surface area contributed by atoms with E-state index in [0.29, 0.717) is 0 Å². The molecule has 0 heterocycles. The molecule has 0 amide bonds. The van der Waals surface area contributed by atoms with Crippen LogP contribution in [0.4, 0.5) is 0 Å². The summed E-state index contributed by atoms with van der Waals surface area (Å²) in [5.41, 5.74) is 0. The molecule has 0 heteroatoms. The van der Waals surface area contributed by atoms with Crippen molar-refractivity contribution in [2.45, 2.75) is 90.9 Å². The lowest BCUT2D eigenvalue weighted by molar-refractivity contribution is 0.637. The Kier molecular flexibility index (Phi) is 17.5. The Hall–Kier alpha value is -0.780. The van der Waals surface area contributed by atoms with E-state index in [4.69, 9.17) is 0 Å². The van der Waals surface area contributed by atoms with Crippen molar-refractivity contribution in [1.29, 1.82) is 0 Å². The lowest BCUT2D eigenvalue weighted by Gasteiger charge is -1.95. The Balaban J connectivity index is 3.25. The number of hydrogen-bond donors (Lipinski definition) is 0. The molecule has 0 saturated heterocycles. The van der Waals surface area contributed by atoms with Gasteiger partial charge in [-0.3, -0.25) is 0 Å². The van der Waals surface area contributed by atoms with Gasteiger partial charge in [0.25, 0.3) is 0 Å².